The molecule has 0 aliphatic rings. The highest BCUT2D eigenvalue weighted by atomic mass is 19.1. The van der Waals surface area contributed by atoms with Crippen LogP contribution in [0.25, 0.3) is 18.5 Å². The van der Waals surface area contributed by atoms with Crippen molar-refractivity contribution in [2.24, 2.45) is 12.8 Å². The third-order valence-electron chi connectivity index (χ3n) is 6.31. The van der Waals surface area contributed by atoms with Crippen molar-refractivity contribution in [1.82, 2.24) is 9.13 Å². The Morgan fingerprint density at radius 3 is 2.49 bits per heavy atom. The van der Waals surface area contributed by atoms with E-state index in [-0.39, 0.29) is 11.3 Å². The molecule has 0 unspecified atom stereocenters. The van der Waals surface area contributed by atoms with Crippen molar-refractivity contribution >= 4 is 26.1 Å². The maximum absolute atomic E-state index is 15.1. The van der Waals surface area contributed by atoms with E-state index in [1.165, 1.54) is 53.8 Å². The molecule has 0 aliphatic carbocycles. The number of aromatic nitrogens is 2. The number of hydrogen-bond acceptors (Lipinski definition) is 4. The molecule has 0 fully saturated rings. The largest absolute Gasteiger partial charge is 0.496 e. The molecule has 37 heavy (non-hydrogen) atoms. The zero-order valence-corrected chi connectivity index (χ0v) is 20.4. The maximum atomic E-state index is 15.1. The molecule has 1 heterocycles. The van der Waals surface area contributed by atoms with Crippen LogP contribution < -0.4 is 32.2 Å². The van der Waals surface area contributed by atoms with Crippen LogP contribution in [0.5, 0.6) is 5.75 Å². The number of benzene rings is 3. The second-order valence-corrected chi connectivity index (χ2v) is 8.52. The fourth-order valence-corrected chi connectivity index (χ4v) is 4.39. The number of nitrogens with two attached hydrogens (primary N) is 1. The van der Waals surface area contributed by atoms with E-state index >= 15 is 4.39 Å². The Hall–Kier alpha value is -4.58. The van der Waals surface area contributed by atoms with Gasteiger partial charge in [-0.2, -0.15) is 5.26 Å². The molecule has 6 nitrogen and oxygen atoms in total. The van der Waals surface area contributed by atoms with Crippen LogP contribution in [0, 0.1) is 33.5 Å². The Labute approximate surface area is 212 Å². The molecule has 0 atom stereocenters. The van der Waals surface area contributed by atoms with Crippen molar-refractivity contribution in [3.8, 4) is 17.5 Å². The summed E-state index contributed by atoms with van der Waals surface area (Å²) in [6.45, 7) is 4.13. The molecule has 0 spiro atoms. The van der Waals surface area contributed by atoms with Gasteiger partial charge in [-0.05, 0) is 66.1 Å². The second-order valence-electron chi connectivity index (χ2n) is 8.52. The average molecular weight is 496 g/mol. The fraction of sp³-hybridized carbons (Fsp3) is 0.143. The molecule has 2 N–H and O–H groups in total. The van der Waals surface area contributed by atoms with Crippen molar-refractivity contribution in [2.75, 3.05) is 7.11 Å². The Bertz CT molecular complexity index is 1840. The highest BCUT2D eigenvalue weighted by Gasteiger charge is 2.16. The molecule has 3 aromatic carbocycles. The molecule has 4 aromatic rings. The lowest BCUT2D eigenvalue weighted by Crippen LogP contribution is -2.26. The van der Waals surface area contributed by atoms with E-state index in [2.05, 4.69) is 6.58 Å². The van der Waals surface area contributed by atoms with E-state index in [4.69, 9.17) is 23.6 Å². The van der Waals surface area contributed by atoms with Gasteiger partial charge in [0.2, 0.25) is 0 Å². The third kappa shape index (κ3) is 4.66. The first kappa shape index (κ1) is 25.5. The molecule has 0 bridgehead atoms. The van der Waals surface area contributed by atoms with Crippen LogP contribution >= 0.6 is 0 Å². The Morgan fingerprint density at radius 2 is 1.86 bits per heavy atom. The smallest absolute Gasteiger partial charge is 0.333 e. The lowest BCUT2D eigenvalue weighted by atomic mass is 9.87. The Kier molecular flexibility index (Phi) is 7.03. The topological polar surface area (TPSA) is 86.0 Å². The van der Waals surface area contributed by atoms with Crippen LogP contribution in [0.3, 0.4) is 0 Å². The minimum Gasteiger partial charge on any atom is -0.496 e. The normalized spacial score (nSPS) is 12.5. The predicted molar refractivity (Wildman–Crippen MR) is 139 cm³/mol. The minimum absolute atomic E-state index is 0.0291. The van der Waals surface area contributed by atoms with E-state index in [9.17, 15) is 9.18 Å². The molecule has 0 aliphatic heterocycles. The predicted octanol–water partition coefficient (Wildman–Crippen LogP) is 1.31. The van der Waals surface area contributed by atoms with Crippen LogP contribution in [0.4, 0.5) is 8.78 Å². The Balaban J connectivity index is 2.04. The SMILES string of the molecule is [B]c1cc(F)ccc1CCc1c/c(=c2/c(=C\N)n(C)c(=O)n2-c2ccc(C#N)cc2F)c(=C)cc1OC. The molecule has 1 aromatic heterocycles. The zero-order chi connectivity index (χ0) is 26.9. The summed E-state index contributed by atoms with van der Waals surface area (Å²) in [7, 11) is 9.05. The summed E-state index contributed by atoms with van der Waals surface area (Å²) in [6.07, 6.45) is 2.26. The van der Waals surface area contributed by atoms with Gasteiger partial charge in [-0.1, -0.05) is 23.7 Å². The standard InChI is InChI=1S/C28H23BF2N4O2/c1-16-10-26(37-3)19(6-5-18-7-8-20(30)13-22(18)29)12-21(16)27-25(15-33)34(2)28(36)35(27)24-9-4-17(14-32)11-23(24)31/h4,7-13,15H,1,5-6,33H2,2-3H3/b25-15+,27-21+. The van der Waals surface area contributed by atoms with E-state index in [1.807, 2.05) is 12.1 Å². The lowest BCUT2D eigenvalue weighted by molar-refractivity contribution is 0.409. The average Bonchev–Trinajstić information content (AvgIpc) is 3.13. The highest BCUT2D eigenvalue weighted by molar-refractivity contribution is 6.33. The van der Waals surface area contributed by atoms with Crippen molar-refractivity contribution in [2.45, 2.75) is 12.8 Å². The summed E-state index contributed by atoms with van der Waals surface area (Å²) in [6, 6.07) is 13.6. The molecule has 0 amide bonds. The first-order valence-corrected chi connectivity index (χ1v) is 11.3. The van der Waals surface area contributed by atoms with Crippen LogP contribution in [0.2, 0.25) is 0 Å². The zero-order valence-electron chi connectivity index (χ0n) is 20.4. The van der Waals surface area contributed by atoms with Gasteiger partial charge in [-0.15, -0.1) is 0 Å². The van der Waals surface area contributed by atoms with Crippen LogP contribution in [-0.2, 0) is 19.9 Å². The number of rotatable bonds is 5. The summed E-state index contributed by atoms with van der Waals surface area (Å²) in [5, 5.41) is 10.9. The van der Waals surface area contributed by atoms with Gasteiger partial charge in [-0.25, -0.2) is 13.6 Å². The number of nitriles is 1. The van der Waals surface area contributed by atoms with Gasteiger partial charge in [-0.3, -0.25) is 9.13 Å². The molecule has 0 saturated heterocycles. The van der Waals surface area contributed by atoms with Gasteiger partial charge in [0.05, 0.1) is 35.1 Å². The monoisotopic (exact) mass is 496 g/mol. The van der Waals surface area contributed by atoms with E-state index in [0.29, 0.717) is 45.2 Å². The summed E-state index contributed by atoms with van der Waals surface area (Å²) in [5.74, 6) is -0.574. The molecule has 0 saturated carbocycles. The van der Waals surface area contributed by atoms with Gasteiger partial charge in [0.1, 0.15) is 25.2 Å². The van der Waals surface area contributed by atoms with Crippen LogP contribution in [-0.4, -0.2) is 24.1 Å². The first-order chi connectivity index (χ1) is 17.7. The van der Waals surface area contributed by atoms with Crippen molar-refractivity contribution < 1.29 is 13.5 Å². The number of nitrogens with zero attached hydrogens (tertiary/aromatic N) is 3. The summed E-state index contributed by atoms with van der Waals surface area (Å²) in [4.78, 5) is 13.3. The number of imidazole rings is 1. The number of ether oxygens (including phenoxy) is 1. The molecular weight excluding hydrogens is 473 g/mol. The quantitative estimate of drug-likeness (QED) is 0.423. The summed E-state index contributed by atoms with van der Waals surface area (Å²) < 4.78 is 36.7. The highest BCUT2D eigenvalue weighted by Crippen LogP contribution is 2.19. The van der Waals surface area contributed by atoms with Crippen molar-refractivity contribution in [3.63, 3.8) is 0 Å². The van der Waals surface area contributed by atoms with Gasteiger partial charge in [0.15, 0.2) is 0 Å². The first-order valence-electron chi connectivity index (χ1n) is 11.3. The van der Waals surface area contributed by atoms with Gasteiger partial charge < -0.3 is 10.5 Å². The molecule has 9 heteroatoms. The van der Waals surface area contributed by atoms with E-state index < -0.39 is 17.3 Å². The van der Waals surface area contributed by atoms with Crippen LogP contribution in [0.1, 0.15) is 16.7 Å². The second kappa shape index (κ2) is 10.2. The van der Waals surface area contributed by atoms with Crippen molar-refractivity contribution in [3.05, 3.63) is 108 Å². The molecular formula is C28H23BF2N4O2. The van der Waals surface area contributed by atoms with Gasteiger partial charge >= 0.3 is 5.69 Å². The van der Waals surface area contributed by atoms with E-state index in [0.717, 1.165) is 17.2 Å². The lowest BCUT2D eigenvalue weighted by Gasteiger charge is -2.11. The fourth-order valence-electron chi connectivity index (χ4n) is 4.39. The number of aryl methyl sites for hydroxylation is 2. The molecule has 4 rings (SSSR count). The minimum atomic E-state index is -0.734. The summed E-state index contributed by atoms with van der Waals surface area (Å²) >= 11 is 0. The van der Waals surface area contributed by atoms with Crippen LogP contribution in [0.15, 0.2) is 53.3 Å². The van der Waals surface area contributed by atoms with Gasteiger partial charge in [0.25, 0.3) is 0 Å². The van der Waals surface area contributed by atoms with Crippen molar-refractivity contribution in [1.29, 1.82) is 5.26 Å². The number of hydrogen-bond donors (Lipinski definition) is 1. The third-order valence-corrected chi connectivity index (χ3v) is 6.31. The molecule has 184 valence electrons. The van der Waals surface area contributed by atoms with Gasteiger partial charge in [0, 0.05) is 18.5 Å². The molecule has 2 radical (unpaired) electrons. The Morgan fingerprint density at radius 1 is 1.14 bits per heavy atom. The number of methoxy groups -OCH3 is 1. The summed E-state index contributed by atoms with van der Waals surface area (Å²) in [5.41, 5.74) is 7.39. The number of halogens is 2. The maximum Gasteiger partial charge on any atom is 0.333 e. The van der Waals surface area contributed by atoms with E-state index in [1.54, 1.807) is 12.1 Å².